The maximum absolute atomic E-state index is 12.6. The molecular weight excluding hydrogens is 496 g/mol. The molecule has 0 saturated carbocycles. The molecular formula is C26H19BrN4OS. The zero-order valence-electron chi connectivity index (χ0n) is 17.5. The van der Waals surface area contributed by atoms with Gasteiger partial charge >= 0.3 is 0 Å². The van der Waals surface area contributed by atoms with Crippen molar-refractivity contribution in [1.82, 2.24) is 14.8 Å². The summed E-state index contributed by atoms with van der Waals surface area (Å²) in [6.07, 6.45) is 0. The van der Waals surface area contributed by atoms with Crippen molar-refractivity contribution in [2.45, 2.75) is 5.16 Å². The van der Waals surface area contributed by atoms with Crippen LogP contribution in [-0.4, -0.2) is 26.4 Å². The van der Waals surface area contributed by atoms with Gasteiger partial charge in [0.15, 0.2) is 11.0 Å². The number of hydrogen-bond donors (Lipinski definition) is 1. The number of thioether (sulfide) groups is 1. The van der Waals surface area contributed by atoms with Gasteiger partial charge < -0.3 is 5.32 Å². The molecule has 0 spiro atoms. The minimum Gasteiger partial charge on any atom is -0.325 e. The number of carbonyl (C=O) groups excluding carboxylic acids is 1. The van der Waals surface area contributed by atoms with E-state index < -0.39 is 0 Å². The van der Waals surface area contributed by atoms with E-state index in [4.69, 9.17) is 0 Å². The zero-order valence-corrected chi connectivity index (χ0v) is 19.9. The number of halogens is 1. The van der Waals surface area contributed by atoms with Gasteiger partial charge in [0.2, 0.25) is 5.91 Å². The monoisotopic (exact) mass is 514 g/mol. The number of para-hydroxylation sites is 1. The second kappa shape index (κ2) is 9.60. The molecule has 162 valence electrons. The highest BCUT2D eigenvalue weighted by Crippen LogP contribution is 2.32. The average Bonchev–Trinajstić information content (AvgIpc) is 3.28. The largest absolute Gasteiger partial charge is 0.325 e. The molecule has 0 aliphatic heterocycles. The predicted molar refractivity (Wildman–Crippen MR) is 138 cm³/mol. The summed E-state index contributed by atoms with van der Waals surface area (Å²) in [5.41, 5.74) is 2.70. The summed E-state index contributed by atoms with van der Waals surface area (Å²) in [5.74, 6) is 0.863. The molecule has 0 radical (unpaired) electrons. The Hall–Kier alpha value is -3.42. The number of fused-ring (bicyclic) bond motifs is 1. The molecule has 1 aromatic heterocycles. The highest BCUT2D eigenvalue weighted by molar-refractivity contribution is 9.10. The molecule has 1 heterocycles. The lowest BCUT2D eigenvalue weighted by atomic mass is 10.0. The number of aromatic nitrogens is 3. The zero-order chi connectivity index (χ0) is 22.6. The molecule has 0 aliphatic carbocycles. The second-order valence-electron chi connectivity index (χ2n) is 7.35. The van der Waals surface area contributed by atoms with Crippen LogP contribution in [0.25, 0.3) is 27.8 Å². The summed E-state index contributed by atoms with van der Waals surface area (Å²) in [5, 5.41) is 14.8. The van der Waals surface area contributed by atoms with Crippen molar-refractivity contribution in [3.63, 3.8) is 0 Å². The average molecular weight is 515 g/mol. The Labute approximate surface area is 204 Å². The Kier molecular flexibility index (Phi) is 6.24. The molecule has 33 heavy (non-hydrogen) atoms. The highest BCUT2D eigenvalue weighted by Gasteiger charge is 2.18. The highest BCUT2D eigenvalue weighted by atomic mass is 79.9. The van der Waals surface area contributed by atoms with Crippen LogP contribution in [0.5, 0.6) is 0 Å². The van der Waals surface area contributed by atoms with Gasteiger partial charge in [-0.1, -0.05) is 88.4 Å². The van der Waals surface area contributed by atoms with Gasteiger partial charge in [0.1, 0.15) is 0 Å². The van der Waals surface area contributed by atoms with Gasteiger partial charge in [0.25, 0.3) is 0 Å². The third-order valence-electron chi connectivity index (χ3n) is 5.14. The number of carbonyl (C=O) groups is 1. The molecule has 0 fully saturated rings. The van der Waals surface area contributed by atoms with E-state index in [-0.39, 0.29) is 11.7 Å². The molecule has 7 heteroatoms. The lowest BCUT2D eigenvalue weighted by molar-refractivity contribution is -0.113. The van der Waals surface area contributed by atoms with E-state index in [9.17, 15) is 4.79 Å². The van der Waals surface area contributed by atoms with Crippen LogP contribution in [-0.2, 0) is 4.79 Å². The standard InChI is InChI=1S/C26H19BrN4OS/c27-19-13-15-20(16-14-19)28-24(32)17-33-26-30-29-25(31(26)21-9-2-1-3-10-21)23-12-6-8-18-7-4-5-11-22(18)23/h1-16H,17H2,(H,28,32). The summed E-state index contributed by atoms with van der Waals surface area (Å²) >= 11 is 4.77. The van der Waals surface area contributed by atoms with Gasteiger partial charge in [0.05, 0.1) is 5.75 Å². The van der Waals surface area contributed by atoms with Crippen LogP contribution in [0.15, 0.2) is 107 Å². The van der Waals surface area contributed by atoms with Crippen LogP contribution < -0.4 is 5.32 Å². The first kappa shape index (κ1) is 21.4. The van der Waals surface area contributed by atoms with E-state index in [1.54, 1.807) is 0 Å². The topological polar surface area (TPSA) is 59.8 Å². The molecule has 0 atom stereocenters. The summed E-state index contributed by atoms with van der Waals surface area (Å²) < 4.78 is 2.98. The fourth-order valence-electron chi connectivity index (χ4n) is 3.63. The molecule has 0 saturated heterocycles. The SMILES string of the molecule is O=C(CSc1nnc(-c2cccc3ccccc23)n1-c1ccccc1)Nc1ccc(Br)cc1. The van der Waals surface area contributed by atoms with Crippen LogP contribution in [0.1, 0.15) is 0 Å². The van der Waals surface area contributed by atoms with E-state index >= 15 is 0 Å². The van der Waals surface area contributed by atoms with E-state index in [1.165, 1.54) is 11.8 Å². The molecule has 5 rings (SSSR count). The molecule has 1 amide bonds. The fourth-order valence-corrected chi connectivity index (χ4v) is 4.64. The number of nitrogens with zero attached hydrogens (tertiary/aromatic N) is 3. The Morgan fingerprint density at radius 2 is 1.58 bits per heavy atom. The maximum Gasteiger partial charge on any atom is 0.234 e. The van der Waals surface area contributed by atoms with E-state index in [1.807, 2.05) is 77.4 Å². The van der Waals surface area contributed by atoms with E-state index in [0.29, 0.717) is 5.16 Å². The maximum atomic E-state index is 12.6. The summed E-state index contributed by atoms with van der Waals surface area (Å²) in [6, 6.07) is 31.9. The summed E-state index contributed by atoms with van der Waals surface area (Å²) in [6.45, 7) is 0. The molecule has 0 bridgehead atoms. The van der Waals surface area contributed by atoms with Crippen molar-refractivity contribution in [2.24, 2.45) is 0 Å². The molecule has 0 aliphatic rings. The smallest absolute Gasteiger partial charge is 0.234 e. The van der Waals surface area contributed by atoms with Gasteiger partial charge in [-0.2, -0.15) is 0 Å². The summed E-state index contributed by atoms with van der Waals surface area (Å²) in [7, 11) is 0. The van der Waals surface area contributed by atoms with Crippen molar-refractivity contribution in [2.75, 3.05) is 11.1 Å². The van der Waals surface area contributed by atoms with Gasteiger partial charge in [0, 0.05) is 21.4 Å². The van der Waals surface area contributed by atoms with Gasteiger partial charge in [-0.25, -0.2) is 0 Å². The quantitative estimate of drug-likeness (QED) is 0.260. The number of benzene rings is 4. The van der Waals surface area contributed by atoms with E-state index in [2.05, 4.69) is 55.7 Å². The molecule has 1 N–H and O–H groups in total. The minimum absolute atomic E-state index is 0.100. The van der Waals surface area contributed by atoms with Crippen LogP contribution in [0.3, 0.4) is 0 Å². The second-order valence-corrected chi connectivity index (χ2v) is 9.21. The Balaban J connectivity index is 1.48. The van der Waals surface area contributed by atoms with Crippen molar-refractivity contribution >= 4 is 50.1 Å². The molecule has 5 aromatic rings. The first-order valence-electron chi connectivity index (χ1n) is 10.4. The number of anilines is 1. The first-order valence-corrected chi connectivity index (χ1v) is 12.1. The Bertz CT molecular complexity index is 1410. The predicted octanol–water partition coefficient (Wildman–Crippen LogP) is 6.58. The summed E-state index contributed by atoms with van der Waals surface area (Å²) in [4.78, 5) is 12.6. The normalized spacial score (nSPS) is 10.9. The van der Waals surface area contributed by atoms with Crippen LogP contribution in [0, 0.1) is 0 Å². The van der Waals surface area contributed by atoms with Gasteiger partial charge in [-0.15, -0.1) is 10.2 Å². The number of rotatable bonds is 6. The van der Waals surface area contributed by atoms with E-state index in [0.717, 1.165) is 38.0 Å². The fraction of sp³-hybridized carbons (Fsp3) is 0.0385. The Morgan fingerprint density at radius 1 is 0.848 bits per heavy atom. The van der Waals surface area contributed by atoms with Crippen LogP contribution in [0.2, 0.25) is 0 Å². The first-order chi connectivity index (χ1) is 16.2. The molecule has 4 aromatic carbocycles. The number of hydrogen-bond acceptors (Lipinski definition) is 4. The lowest BCUT2D eigenvalue weighted by Gasteiger charge is -2.12. The van der Waals surface area contributed by atoms with Crippen LogP contribution >= 0.6 is 27.7 Å². The van der Waals surface area contributed by atoms with Crippen molar-refractivity contribution in [3.8, 4) is 17.1 Å². The minimum atomic E-state index is -0.100. The Morgan fingerprint density at radius 3 is 2.39 bits per heavy atom. The third-order valence-corrected chi connectivity index (χ3v) is 6.60. The van der Waals surface area contributed by atoms with Crippen molar-refractivity contribution in [3.05, 3.63) is 102 Å². The number of nitrogens with one attached hydrogen (secondary N) is 1. The molecule has 0 unspecified atom stereocenters. The third kappa shape index (κ3) is 4.69. The number of amides is 1. The van der Waals surface area contributed by atoms with Gasteiger partial charge in [-0.3, -0.25) is 9.36 Å². The van der Waals surface area contributed by atoms with Crippen molar-refractivity contribution < 1.29 is 4.79 Å². The van der Waals surface area contributed by atoms with Gasteiger partial charge in [-0.05, 0) is 47.2 Å². The van der Waals surface area contributed by atoms with Crippen LogP contribution in [0.4, 0.5) is 5.69 Å². The van der Waals surface area contributed by atoms with Crippen molar-refractivity contribution in [1.29, 1.82) is 0 Å². The lowest BCUT2D eigenvalue weighted by Crippen LogP contribution is -2.14. The molecule has 5 nitrogen and oxygen atoms in total.